The molecule has 0 radical (unpaired) electrons. The second-order valence-corrected chi connectivity index (χ2v) is 4.87. The number of thioether (sulfide) groups is 1. The summed E-state index contributed by atoms with van der Waals surface area (Å²) in [6.45, 7) is 0.845. The number of nitrogens with one attached hydrogen (secondary N) is 1. The van der Waals surface area contributed by atoms with Crippen LogP contribution in [0, 0.1) is 0 Å². The number of anilines is 1. The highest BCUT2D eigenvalue weighted by Crippen LogP contribution is 2.29. The van der Waals surface area contributed by atoms with Gasteiger partial charge in [0.25, 0.3) is 0 Å². The summed E-state index contributed by atoms with van der Waals surface area (Å²) in [5, 5.41) is 3.53. The van der Waals surface area contributed by atoms with E-state index in [1.165, 1.54) is 22.8 Å². The van der Waals surface area contributed by atoms with Crippen LogP contribution in [0.4, 0.5) is 5.69 Å². The summed E-state index contributed by atoms with van der Waals surface area (Å²) in [6.07, 6.45) is 1.06. The molecule has 1 fully saturated rings. The van der Waals surface area contributed by atoms with Gasteiger partial charge in [0.05, 0.1) is 6.61 Å². The summed E-state index contributed by atoms with van der Waals surface area (Å²) >= 11 is 2.00. The highest BCUT2D eigenvalue weighted by Gasteiger charge is 2.18. The Balaban J connectivity index is 1.78. The van der Waals surface area contributed by atoms with Gasteiger partial charge in [0.2, 0.25) is 0 Å². The van der Waals surface area contributed by atoms with Crippen molar-refractivity contribution in [2.45, 2.75) is 12.5 Å². The zero-order valence-electron chi connectivity index (χ0n) is 7.95. The van der Waals surface area contributed by atoms with Gasteiger partial charge < -0.3 is 10.1 Å². The van der Waals surface area contributed by atoms with Crippen molar-refractivity contribution in [3.05, 3.63) is 23.8 Å². The van der Waals surface area contributed by atoms with E-state index in [0.717, 1.165) is 18.8 Å². The summed E-state index contributed by atoms with van der Waals surface area (Å²) in [5.74, 6) is 3.56. The normalized spacial score (nSPS) is 19.7. The van der Waals surface area contributed by atoms with E-state index in [0.29, 0.717) is 6.04 Å². The van der Waals surface area contributed by atoms with E-state index >= 15 is 0 Å². The third-order valence-corrected chi connectivity index (χ3v) is 3.97. The second kappa shape index (κ2) is 3.39. The van der Waals surface area contributed by atoms with Crippen molar-refractivity contribution in [1.82, 2.24) is 0 Å². The van der Waals surface area contributed by atoms with Gasteiger partial charge in [0, 0.05) is 29.7 Å². The molecule has 0 bridgehead atoms. The molecule has 0 atom stereocenters. The van der Waals surface area contributed by atoms with Crippen molar-refractivity contribution in [3.8, 4) is 5.75 Å². The molecular weight excluding hydrogens is 194 g/mol. The van der Waals surface area contributed by atoms with Crippen LogP contribution >= 0.6 is 11.8 Å². The Morgan fingerprint density at radius 2 is 2.29 bits per heavy atom. The van der Waals surface area contributed by atoms with Crippen LogP contribution in [0.2, 0.25) is 0 Å². The fraction of sp³-hybridized carbons (Fsp3) is 0.455. The van der Waals surface area contributed by atoms with Gasteiger partial charge in [-0.05, 0) is 23.8 Å². The zero-order valence-corrected chi connectivity index (χ0v) is 8.77. The highest BCUT2D eigenvalue weighted by molar-refractivity contribution is 8.00. The smallest absolute Gasteiger partial charge is 0.122 e. The fourth-order valence-electron chi connectivity index (χ4n) is 1.83. The van der Waals surface area contributed by atoms with E-state index < -0.39 is 0 Å². The van der Waals surface area contributed by atoms with Crippen LogP contribution in [0.5, 0.6) is 5.75 Å². The Labute approximate surface area is 88.0 Å². The fourth-order valence-corrected chi connectivity index (χ4v) is 2.47. The van der Waals surface area contributed by atoms with E-state index in [1.54, 1.807) is 0 Å². The van der Waals surface area contributed by atoms with Gasteiger partial charge in [-0.3, -0.25) is 0 Å². The van der Waals surface area contributed by atoms with Crippen molar-refractivity contribution < 1.29 is 4.74 Å². The van der Waals surface area contributed by atoms with Crippen LogP contribution < -0.4 is 10.1 Å². The van der Waals surface area contributed by atoms with Crippen molar-refractivity contribution in [3.63, 3.8) is 0 Å². The first-order valence-electron chi connectivity index (χ1n) is 5.02. The Morgan fingerprint density at radius 1 is 1.36 bits per heavy atom. The molecule has 2 aliphatic heterocycles. The molecule has 1 aromatic rings. The Morgan fingerprint density at radius 3 is 3.07 bits per heavy atom. The van der Waals surface area contributed by atoms with Crippen LogP contribution in [0.25, 0.3) is 0 Å². The number of hydrogen-bond donors (Lipinski definition) is 1. The molecule has 2 aliphatic rings. The second-order valence-electron chi connectivity index (χ2n) is 3.80. The minimum absolute atomic E-state index is 0.681. The Hall–Kier alpha value is -0.830. The van der Waals surface area contributed by atoms with Gasteiger partial charge in [0.15, 0.2) is 0 Å². The maximum Gasteiger partial charge on any atom is 0.122 e. The lowest BCUT2D eigenvalue weighted by Gasteiger charge is -2.27. The predicted molar refractivity (Wildman–Crippen MR) is 60.4 cm³/mol. The van der Waals surface area contributed by atoms with Gasteiger partial charge in [0.1, 0.15) is 5.75 Å². The minimum Gasteiger partial charge on any atom is -0.493 e. The van der Waals surface area contributed by atoms with Crippen LogP contribution in [0.3, 0.4) is 0 Å². The Kier molecular flexibility index (Phi) is 2.05. The van der Waals surface area contributed by atoms with Crippen molar-refractivity contribution in [2.24, 2.45) is 0 Å². The van der Waals surface area contributed by atoms with Crippen LogP contribution in [0.1, 0.15) is 5.56 Å². The maximum absolute atomic E-state index is 5.47. The van der Waals surface area contributed by atoms with E-state index in [-0.39, 0.29) is 0 Å². The number of rotatable bonds is 2. The minimum atomic E-state index is 0.681. The lowest BCUT2D eigenvalue weighted by Crippen LogP contribution is -2.33. The first-order chi connectivity index (χ1) is 6.92. The quantitative estimate of drug-likeness (QED) is 0.803. The molecule has 74 valence electrons. The lowest BCUT2D eigenvalue weighted by molar-refractivity contribution is 0.357. The number of ether oxygens (including phenoxy) is 1. The third kappa shape index (κ3) is 1.46. The molecule has 1 N–H and O–H groups in total. The molecule has 1 saturated heterocycles. The maximum atomic E-state index is 5.47. The van der Waals surface area contributed by atoms with Gasteiger partial charge in [-0.25, -0.2) is 0 Å². The van der Waals surface area contributed by atoms with E-state index in [1.807, 2.05) is 11.8 Å². The monoisotopic (exact) mass is 207 g/mol. The van der Waals surface area contributed by atoms with Gasteiger partial charge in [-0.1, -0.05) is 0 Å². The molecule has 0 aliphatic carbocycles. The summed E-state index contributed by atoms with van der Waals surface area (Å²) < 4.78 is 5.47. The zero-order chi connectivity index (χ0) is 9.38. The molecule has 3 heteroatoms. The summed E-state index contributed by atoms with van der Waals surface area (Å²) in [5.41, 5.74) is 2.60. The standard InChI is InChI=1S/C11H13NOS/c1-2-11-8(3-4-13-11)5-9(1)12-10-6-14-7-10/h1-2,5,10,12H,3-4,6-7H2. The van der Waals surface area contributed by atoms with Gasteiger partial charge >= 0.3 is 0 Å². The summed E-state index contributed by atoms with van der Waals surface area (Å²) in [4.78, 5) is 0. The SMILES string of the molecule is c1cc2c(cc1NC1CSC1)CCO2. The average molecular weight is 207 g/mol. The third-order valence-electron chi connectivity index (χ3n) is 2.70. The predicted octanol–water partition coefficient (Wildman–Crippen LogP) is 2.15. The van der Waals surface area contributed by atoms with E-state index in [4.69, 9.17) is 4.74 Å². The lowest BCUT2D eigenvalue weighted by atomic mass is 10.1. The first-order valence-corrected chi connectivity index (χ1v) is 6.17. The molecule has 0 saturated carbocycles. The van der Waals surface area contributed by atoms with Crippen LogP contribution in [-0.4, -0.2) is 24.2 Å². The largest absolute Gasteiger partial charge is 0.493 e. The van der Waals surface area contributed by atoms with E-state index in [9.17, 15) is 0 Å². The van der Waals surface area contributed by atoms with Crippen LogP contribution in [-0.2, 0) is 6.42 Å². The average Bonchev–Trinajstić information content (AvgIpc) is 2.58. The van der Waals surface area contributed by atoms with Crippen molar-refractivity contribution in [1.29, 1.82) is 0 Å². The molecule has 0 unspecified atom stereocenters. The molecule has 2 heterocycles. The number of fused-ring (bicyclic) bond motifs is 1. The highest BCUT2D eigenvalue weighted by atomic mass is 32.2. The van der Waals surface area contributed by atoms with Crippen LogP contribution in [0.15, 0.2) is 18.2 Å². The molecule has 14 heavy (non-hydrogen) atoms. The topological polar surface area (TPSA) is 21.3 Å². The number of hydrogen-bond acceptors (Lipinski definition) is 3. The van der Waals surface area contributed by atoms with Gasteiger partial charge in [-0.2, -0.15) is 11.8 Å². The first kappa shape index (κ1) is 8.48. The summed E-state index contributed by atoms with van der Waals surface area (Å²) in [6, 6.07) is 7.11. The molecule has 2 nitrogen and oxygen atoms in total. The van der Waals surface area contributed by atoms with Crippen molar-refractivity contribution in [2.75, 3.05) is 23.4 Å². The number of benzene rings is 1. The van der Waals surface area contributed by atoms with Crippen molar-refractivity contribution >= 4 is 17.4 Å². The molecule has 3 rings (SSSR count). The van der Waals surface area contributed by atoms with Gasteiger partial charge in [-0.15, -0.1) is 0 Å². The molecule has 1 aromatic carbocycles. The molecule has 0 spiro atoms. The summed E-state index contributed by atoms with van der Waals surface area (Å²) in [7, 11) is 0. The Bertz CT molecular complexity index is 349. The molecule has 0 amide bonds. The van der Waals surface area contributed by atoms with E-state index in [2.05, 4.69) is 23.5 Å². The molecular formula is C11H13NOS. The molecule has 0 aromatic heterocycles.